The number of aryl methyl sites for hydroxylation is 1. The van der Waals surface area contributed by atoms with E-state index >= 15 is 0 Å². The molecule has 3 rings (SSSR count). The largest absolute Gasteiger partial charge is 0.487 e. The summed E-state index contributed by atoms with van der Waals surface area (Å²) in [6.07, 6.45) is 0.871. The van der Waals surface area contributed by atoms with Crippen LogP contribution >= 0.6 is 23.2 Å². The molecule has 6 nitrogen and oxygen atoms in total. The number of hydrogen-bond acceptors (Lipinski definition) is 4. The van der Waals surface area contributed by atoms with Crippen molar-refractivity contribution in [3.05, 3.63) is 74.9 Å². The lowest BCUT2D eigenvalue weighted by Crippen LogP contribution is -2.48. The number of benzene rings is 2. The Balaban J connectivity index is 2.03. The van der Waals surface area contributed by atoms with Gasteiger partial charge in [0.2, 0.25) is 0 Å². The Morgan fingerprint density at radius 1 is 1.13 bits per heavy atom. The van der Waals surface area contributed by atoms with Gasteiger partial charge >= 0.3 is 12.0 Å². The first-order chi connectivity index (χ1) is 14.8. The number of hydrogen-bond donors (Lipinski definition) is 1. The molecule has 0 aliphatic carbocycles. The molecule has 2 aromatic carbocycles. The van der Waals surface area contributed by atoms with Crippen LogP contribution in [0.15, 0.2) is 53.7 Å². The summed E-state index contributed by atoms with van der Waals surface area (Å²) in [5, 5.41) is 3.54. The van der Waals surface area contributed by atoms with Crippen molar-refractivity contribution in [2.75, 3.05) is 20.3 Å². The van der Waals surface area contributed by atoms with Crippen LogP contribution < -0.4 is 10.1 Å². The van der Waals surface area contributed by atoms with Crippen molar-refractivity contribution in [3.8, 4) is 5.75 Å². The summed E-state index contributed by atoms with van der Waals surface area (Å²) in [6, 6.07) is 11.5. The highest BCUT2D eigenvalue weighted by atomic mass is 35.5. The molecular formula is C23H24Cl2N2O4. The fraction of sp³-hybridized carbons (Fsp3) is 0.304. The molecule has 1 aliphatic heterocycles. The van der Waals surface area contributed by atoms with Gasteiger partial charge in [0, 0.05) is 7.05 Å². The third-order valence-electron chi connectivity index (χ3n) is 5.03. The maximum atomic E-state index is 12.9. The van der Waals surface area contributed by atoms with Gasteiger partial charge in [0.1, 0.15) is 12.4 Å². The van der Waals surface area contributed by atoms with Gasteiger partial charge in [-0.05, 0) is 48.7 Å². The molecule has 2 aromatic rings. The van der Waals surface area contributed by atoms with Crippen LogP contribution in [0.3, 0.4) is 0 Å². The van der Waals surface area contributed by atoms with E-state index in [0.29, 0.717) is 27.1 Å². The van der Waals surface area contributed by atoms with Crippen LogP contribution in [0.4, 0.5) is 4.79 Å². The topological polar surface area (TPSA) is 67.9 Å². The zero-order chi connectivity index (χ0) is 22.5. The first-order valence-electron chi connectivity index (χ1n) is 9.96. The average Bonchev–Trinajstić information content (AvgIpc) is 2.76. The molecule has 1 N–H and O–H groups in total. The fourth-order valence-electron chi connectivity index (χ4n) is 3.33. The molecule has 1 aliphatic rings. The number of urea groups is 1. The monoisotopic (exact) mass is 462 g/mol. The van der Waals surface area contributed by atoms with E-state index in [9.17, 15) is 9.59 Å². The zero-order valence-electron chi connectivity index (χ0n) is 17.6. The lowest BCUT2D eigenvalue weighted by atomic mass is 9.94. The molecular weight excluding hydrogens is 439 g/mol. The van der Waals surface area contributed by atoms with Gasteiger partial charge in [-0.25, -0.2) is 9.59 Å². The number of nitrogens with zero attached hydrogens (tertiary/aromatic N) is 1. The Hall–Kier alpha value is -2.70. The van der Waals surface area contributed by atoms with E-state index in [4.69, 9.17) is 32.7 Å². The zero-order valence-corrected chi connectivity index (χ0v) is 19.1. The second kappa shape index (κ2) is 10.1. The van der Waals surface area contributed by atoms with Crippen LogP contribution in [0.25, 0.3) is 0 Å². The van der Waals surface area contributed by atoms with Gasteiger partial charge in [-0.15, -0.1) is 0 Å². The minimum absolute atomic E-state index is 0.0169. The lowest BCUT2D eigenvalue weighted by Gasteiger charge is -2.34. The van der Waals surface area contributed by atoms with Gasteiger partial charge in [0.05, 0.1) is 34.0 Å². The molecule has 0 bridgehead atoms. The molecule has 2 amide bonds. The summed E-state index contributed by atoms with van der Waals surface area (Å²) < 4.78 is 11.3. The second-order valence-electron chi connectivity index (χ2n) is 6.99. The van der Waals surface area contributed by atoms with Crippen molar-refractivity contribution in [3.63, 3.8) is 0 Å². The molecule has 0 saturated carbocycles. The van der Waals surface area contributed by atoms with Crippen molar-refractivity contribution >= 4 is 35.2 Å². The van der Waals surface area contributed by atoms with Crippen LogP contribution in [-0.4, -0.2) is 37.2 Å². The lowest BCUT2D eigenvalue weighted by molar-refractivity contribution is -0.139. The number of rotatable bonds is 7. The van der Waals surface area contributed by atoms with Gasteiger partial charge < -0.3 is 14.8 Å². The molecule has 0 spiro atoms. The van der Waals surface area contributed by atoms with Gasteiger partial charge in [0.25, 0.3) is 0 Å². The summed E-state index contributed by atoms with van der Waals surface area (Å²) in [7, 11) is 1.58. The van der Waals surface area contributed by atoms with Crippen LogP contribution in [0.1, 0.15) is 31.0 Å². The normalized spacial score (nSPS) is 16.2. The first kappa shape index (κ1) is 23.0. The summed E-state index contributed by atoms with van der Waals surface area (Å²) in [5.41, 5.74) is 2.44. The molecule has 0 saturated heterocycles. The summed E-state index contributed by atoms with van der Waals surface area (Å²) in [4.78, 5) is 27.0. The molecule has 0 fully saturated rings. The Morgan fingerprint density at radius 2 is 1.90 bits per heavy atom. The second-order valence-corrected chi connectivity index (χ2v) is 7.80. The fourth-order valence-corrected chi connectivity index (χ4v) is 3.64. The maximum absolute atomic E-state index is 12.9. The van der Waals surface area contributed by atoms with Crippen molar-refractivity contribution < 1.29 is 19.1 Å². The number of ether oxygens (including phenoxy) is 2. The van der Waals surface area contributed by atoms with Gasteiger partial charge in [0.15, 0.2) is 0 Å². The number of carbonyl (C=O) groups is 2. The molecule has 0 radical (unpaired) electrons. The van der Waals surface area contributed by atoms with Crippen LogP contribution in [0, 0.1) is 0 Å². The highest BCUT2D eigenvalue weighted by Gasteiger charge is 2.37. The minimum atomic E-state index is -0.752. The van der Waals surface area contributed by atoms with E-state index in [1.54, 1.807) is 32.2 Å². The SMILES string of the molecule is CCOC(=O)C1=C(COc2cccc(CC)c2)N(C)C(=O)N[C@H]1c1ccc(Cl)c(Cl)c1. The smallest absolute Gasteiger partial charge is 0.338 e. The predicted octanol–water partition coefficient (Wildman–Crippen LogP) is 5.15. The molecule has 1 heterocycles. The number of nitrogens with one attached hydrogen (secondary N) is 1. The standard InChI is InChI=1S/C23H24Cl2N2O4/c1-4-14-7-6-8-16(11-14)31-13-19-20(22(28)30-5-2)21(26-23(29)27(19)3)15-9-10-17(24)18(25)12-15/h6-12,21H,4-5,13H2,1-3H3,(H,26,29)/t21-/m0/s1. The molecule has 1 atom stereocenters. The third kappa shape index (κ3) is 5.14. The Kier molecular flexibility index (Phi) is 7.46. The minimum Gasteiger partial charge on any atom is -0.487 e. The van der Waals surface area contributed by atoms with Gasteiger partial charge in [-0.3, -0.25) is 4.90 Å². The van der Waals surface area contributed by atoms with Crippen molar-refractivity contribution in [1.29, 1.82) is 0 Å². The van der Waals surface area contributed by atoms with E-state index in [0.717, 1.165) is 12.0 Å². The Bertz CT molecular complexity index is 1020. The molecule has 164 valence electrons. The van der Waals surface area contributed by atoms with E-state index in [2.05, 4.69) is 12.2 Å². The highest BCUT2D eigenvalue weighted by Crippen LogP contribution is 2.34. The van der Waals surface area contributed by atoms with Crippen LogP contribution in [0.2, 0.25) is 10.0 Å². The third-order valence-corrected chi connectivity index (χ3v) is 5.77. The maximum Gasteiger partial charge on any atom is 0.338 e. The van der Waals surface area contributed by atoms with E-state index in [1.165, 1.54) is 4.90 Å². The average molecular weight is 463 g/mol. The highest BCUT2D eigenvalue weighted by molar-refractivity contribution is 6.42. The molecule has 0 unspecified atom stereocenters. The summed E-state index contributed by atoms with van der Waals surface area (Å²) in [6.45, 7) is 4.00. The first-order valence-corrected chi connectivity index (χ1v) is 10.7. The Morgan fingerprint density at radius 3 is 2.58 bits per heavy atom. The van der Waals surface area contributed by atoms with Gasteiger partial charge in [-0.1, -0.05) is 48.3 Å². The summed E-state index contributed by atoms with van der Waals surface area (Å²) in [5.74, 6) is 0.117. The molecule has 0 aromatic heterocycles. The number of halogens is 2. The number of esters is 1. The Labute approximate surface area is 191 Å². The summed E-state index contributed by atoms with van der Waals surface area (Å²) >= 11 is 12.2. The van der Waals surface area contributed by atoms with Crippen molar-refractivity contribution in [2.45, 2.75) is 26.3 Å². The van der Waals surface area contributed by atoms with Crippen molar-refractivity contribution in [1.82, 2.24) is 10.2 Å². The molecule has 8 heteroatoms. The van der Waals surface area contributed by atoms with Crippen LogP contribution in [0.5, 0.6) is 5.75 Å². The van der Waals surface area contributed by atoms with E-state index in [1.807, 2.05) is 24.3 Å². The van der Waals surface area contributed by atoms with Crippen LogP contribution in [-0.2, 0) is 16.0 Å². The van der Waals surface area contributed by atoms with Gasteiger partial charge in [-0.2, -0.15) is 0 Å². The van der Waals surface area contributed by atoms with E-state index < -0.39 is 12.0 Å². The number of carbonyl (C=O) groups excluding carboxylic acids is 2. The molecule has 31 heavy (non-hydrogen) atoms. The quantitative estimate of drug-likeness (QED) is 0.577. The number of amides is 2. The van der Waals surface area contributed by atoms with E-state index in [-0.39, 0.29) is 24.8 Å². The number of likely N-dealkylation sites (N-methyl/N-ethyl adjacent to an activating group) is 1. The predicted molar refractivity (Wildman–Crippen MR) is 120 cm³/mol. The van der Waals surface area contributed by atoms with Crippen molar-refractivity contribution in [2.24, 2.45) is 0 Å².